The van der Waals surface area contributed by atoms with Gasteiger partial charge in [-0.25, -0.2) is 0 Å². The van der Waals surface area contributed by atoms with E-state index in [0.29, 0.717) is 0 Å². The van der Waals surface area contributed by atoms with Gasteiger partial charge in [-0.1, -0.05) is 0 Å². The Morgan fingerprint density at radius 2 is 1.69 bits per heavy atom. The van der Waals surface area contributed by atoms with Crippen molar-refractivity contribution in [1.29, 1.82) is 0 Å². The highest BCUT2D eigenvalue weighted by atomic mass is 16.2. The number of hydrogen-bond acceptors (Lipinski definition) is 5. The molecule has 0 N–H and O–H groups in total. The van der Waals surface area contributed by atoms with Gasteiger partial charge in [-0.15, -0.1) is 0 Å². The smallest absolute Gasteiger partial charge is 0.195 e. The lowest BCUT2D eigenvalue weighted by Crippen LogP contribution is -2.25. The van der Waals surface area contributed by atoms with Crippen molar-refractivity contribution in [3.63, 3.8) is 0 Å². The van der Waals surface area contributed by atoms with Crippen LogP contribution in [0.3, 0.4) is 0 Å². The van der Waals surface area contributed by atoms with E-state index in [1.165, 1.54) is 0 Å². The maximum absolute atomic E-state index is 11.5. The Labute approximate surface area is 91.5 Å². The zero-order valence-electron chi connectivity index (χ0n) is 8.47. The minimum Gasteiger partial charge on any atom is -0.298 e. The van der Waals surface area contributed by atoms with E-state index in [2.05, 4.69) is 0 Å². The summed E-state index contributed by atoms with van der Waals surface area (Å²) in [4.78, 5) is 54.3. The van der Waals surface area contributed by atoms with Crippen LogP contribution in [-0.4, -0.2) is 29.4 Å². The van der Waals surface area contributed by atoms with Gasteiger partial charge < -0.3 is 0 Å². The molecule has 5 nitrogen and oxygen atoms in total. The van der Waals surface area contributed by atoms with Crippen molar-refractivity contribution in [2.75, 3.05) is 0 Å². The number of carbonyl (C=O) groups is 5. The summed E-state index contributed by atoms with van der Waals surface area (Å²) in [5.41, 5.74) is 0. The predicted molar refractivity (Wildman–Crippen MR) is 52.6 cm³/mol. The predicted octanol–water partition coefficient (Wildman–Crippen LogP) is -0.182. The SMILES string of the molecule is O=CC(=O)CCCC(=O)C1C(=O)C=CC1=O. The number of ketones is 4. The third kappa shape index (κ3) is 2.79. The van der Waals surface area contributed by atoms with Crippen LogP contribution in [0.4, 0.5) is 0 Å². The van der Waals surface area contributed by atoms with E-state index in [0.717, 1.165) is 12.2 Å². The van der Waals surface area contributed by atoms with Crippen molar-refractivity contribution in [3.8, 4) is 0 Å². The minimum absolute atomic E-state index is 0.0300. The highest BCUT2D eigenvalue weighted by Gasteiger charge is 2.33. The van der Waals surface area contributed by atoms with E-state index in [9.17, 15) is 24.0 Å². The molecule has 0 radical (unpaired) electrons. The molecular weight excluding hydrogens is 212 g/mol. The fourth-order valence-electron chi connectivity index (χ4n) is 1.45. The molecule has 5 heteroatoms. The van der Waals surface area contributed by atoms with Gasteiger partial charge in [-0.2, -0.15) is 0 Å². The maximum atomic E-state index is 11.5. The molecule has 0 fully saturated rings. The third-order valence-corrected chi connectivity index (χ3v) is 2.28. The highest BCUT2D eigenvalue weighted by molar-refractivity contribution is 6.30. The molecule has 0 saturated heterocycles. The van der Waals surface area contributed by atoms with Gasteiger partial charge in [0.25, 0.3) is 0 Å². The van der Waals surface area contributed by atoms with Gasteiger partial charge in [-0.3, -0.25) is 24.0 Å². The van der Waals surface area contributed by atoms with Crippen LogP contribution in [0.15, 0.2) is 12.2 Å². The van der Waals surface area contributed by atoms with Gasteiger partial charge in [-0.05, 0) is 18.6 Å². The fraction of sp³-hybridized carbons (Fsp3) is 0.364. The Bertz CT molecular complexity index is 373. The van der Waals surface area contributed by atoms with Gasteiger partial charge in [0.05, 0.1) is 0 Å². The molecular formula is C11H10O5. The van der Waals surface area contributed by atoms with Crippen LogP contribution in [0.2, 0.25) is 0 Å². The molecule has 0 saturated carbocycles. The van der Waals surface area contributed by atoms with Crippen molar-refractivity contribution in [2.24, 2.45) is 5.92 Å². The summed E-state index contributed by atoms with van der Waals surface area (Å²) in [5, 5.41) is 0. The van der Waals surface area contributed by atoms with Crippen LogP contribution in [0.25, 0.3) is 0 Å². The molecule has 0 bridgehead atoms. The fourth-order valence-corrected chi connectivity index (χ4v) is 1.45. The molecule has 0 aromatic carbocycles. The van der Waals surface area contributed by atoms with Crippen molar-refractivity contribution in [3.05, 3.63) is 12.2 Å². The second-order valence-corrected chi connectivity index (χ2v) is 3.48. The van der Waals surface area contributed by atoms with Gasteiger partial charge in [0.1, 0.15) is 5.92 Å². The van der Waals surface area contributed by atoms with E-state index in [1.807, 2.05) is 0 Å². The van der Waals surface area contributed by atoms with Gasteiger partial charge in [0.15, 0.2) is 29.4 Å². The van der Waals surface area contributed by atoms with E-state index in [-0.39, 0.29) is 25.5 Å². The Morgan fingerprint density at radius 3 is 2.19 bits per heavy atom. The molecule has 0 aliphatic heterocycles. The first-order valence-electron chi connectivity index (χ1n) is 4.82. The van der Waals surface area contributed by atoms with Crippen LogP contribution < -0.4 is 0 Å². The lowest BCUT2D eigenvalue weighted by atomic mass is 9.95. The molecule has 0 amide bonds. The van der Waals surface area contributed by atoms with Crippen molar-refractivity contribution >= 4 is 29.4 Å². The molecule has 0 unspecified atom stereocenters. The monoisotopic (exact) mass is 222 g/mol. The quantitative estimate of drug-likeness (QED) is 0.353. The van der Waals surface area contributed by atoms with E-state index >= 15 is 0 Å². The van der Waals surface area contributed by atoms with E-state index in [1.54, 1.807) is 0 Å². The zero-order chi connectivity index (χ0) is 12.1. The van der Waals surface area contributed by atoms with Crippen molar-refractivity contribution in [2.45, 2.75) is 19.3 Å². The van der Waals surface area contributed by atoms with Crippen LogP contribution in [0, 0.1) is 5.92 Å². The lowest BCUT2D eigenvalue weighted by Gasteiger charge is -2.04. The Balaban J connectivity index is 2.42. The van der Waals surface area contributed by atoms with Crippen molar-refractivity contribution < 1.29 is 24.0 Å². The van der Waals surface area contributed by atoms with E-state index < -0.39 is 29.1 Å². The van der Waals surface area contributed by atoms with Crippen molar-refractivity contribution in [1.82, 2.24) is 0 Å². The standard InChI is InChI=1S/C11H10O5/c12-6-7(13)2-1-3-8(14)11-9(15)4-5-10(11)16/h4-6,11H,1-3H2. The maximum Gasteiger partial charge on any atom is 0.195 e. The number of carbonyl (C=O) groups excluding carboxylic acids is 5. The first kappa shape index (κ1) is 12.2. The molecule has 1 aliphatic rings. The second-order valence-electron chi connectivity index (χ2n) is 3.48. The van der Waals surface area contributed by atoms with Gasteiger partial charge >= 0.3 is 0 Å². The average molecular weight is 222 g/mol. The summed E-state index contributed by atoms with van der Waals surface area (Å²) >= 11 is 0. The molecule has 1 aliphatic carbocycles. The molecule has 84 valence electrons. The summed E-state index contributed by atoms with van der Waals surface area (Å²) in [6.45, 7) is 0. The number of hydrogen-bond donors (Lipinski definition) is 0. The topological polar surface area (TPSA) is 85.3 Å². The molecule has 0 heterocycles. The Morgan fingerprint density at radius 1 is 1.12 bits per heavy atom. The number of allylic oxidation sites excluding steroid dienone is 2. The average Bonchev–Trinajstić information content (AvgIpc) is 2.58. The number of aldehydes is 1. The third-order valence-electron chi connectivity index (χ3n) is 2.28. The zero-order valence-corrected chi connectivity index (χ0v) is 8.47. The number of rotatable bonds is 6. The molecule has 0 aromatic heterocycles. The summed E-state index contributed by atoms with van der Waals surface area (Å²) in [7, 11) is 0. The lowest BCUT2D eigenvalue weighted by molar-refractivity contribution is -0.135. The first-order valence-corrected chi connectivity index (χ1v) is 4.82. The van der Waals surface area contributed by atoms with Gasteiger partial charge in [0, 0.05) is 12.8 Å². The second kappa shape index (κ2) is 5.25. The Hall–Kier alpha value is -1.91. The molecule has 16 heavy (non-hydrogen) atoms. The largest absolute Gasteiger partial charge is 0.298 e. The molecule has 0 aromatic rings. The summed E-state index contributed by atoms with van der Waals surface area (Å²) in [6.07, 6.45) is 2.48. The van der Waals surface area contributed by atoms with E-state index in [4.69, 9.17) is 0 Å². The summed E-state index contributed by atoms with van der Waals surface area (Å²) < 4.78 is 0. The van der Waals surface area contributed by atoms with Crippen LogP contribution in [0.1, 0.15) is 19.3 Å². The molecule has 0 spiro atoms. The summed E-state index contributed by atoms with van der Waals surface area (Å²) in [6, 6.07) is 0. The number of Topliss-reactive ketones (excluding diaryl/α,β-unsaturated/α-hetero) is 2. The minimum atomic E-state index is -1.22. The van der Waals surface area contributed by atoms with Gasteiger partial charge in [0.2, 0.25) is 0 Å². The molecule has 1 rings (SSSR count). The first-order chi connectivity index (χ1) is 7.56. The summed E-state index contributed by atoms with van der Waals surface area (Å²) in [5.74, 6) is -3.30. The van der Waals surface area contributed by atoms with Crippen LogP contribution in [0.5, 0.6) is 0 Å². The normalized spacial score (nSPS) is 15.5. The Kier molecular flexibility index (Phi) is 3.99. The van der Waals surface area contributed by atoms with Crippen LogP contribution >= 0.6 is 0 Å². The van der Waals surface area contributed by atoms with Crippen LogP contribution in [-0.2, 0) is 24.0 Å². The molecule has 0 atom stereocenters. The highest BCUT2D eigenvalue weighted by Crippen LogP contribution is 2.15.